The van der Waals surface area contributed by atoms with Crippen molar-refractivity contribution in [1.82, 2.24) is 10.2 Å². The van der Waals surface area contributed by atoms with Crippen molar-refractivity contribution in [3.05, 3.63) is 23.7 Å². The molecule has 1 N–H and O–H groups in total. The van der Waals surface area contributed by atoms with Crippen LogP contribution in [0, 0.1) is 0 Å². The third kappa shape index (κ3) is 2.91. The van der Waals surface area contributed by atoms with Crippen LogP contribution in [0.1, 0.15) is 29.0 Å². The van der Waals surface area contributed by atoms with Crippen LogP contribution in [0.15, 0.2) is 16.7 Å². The Morgan fingerprint density at radius 1 is 1.67 bits per heavy atom. The molecule has 5 nitrogen and oxygen atoms in total. The van der Waals surface area contributed by atoms with E-state index in [1.165, 1.54) is 26.2 Å². The van der Waals surface area contributed by atoms with Crippen LogP contribution in [-0.2, 0) is 11.3 Å². The quantitative estimate of drug-likeness (QED) is 0.817. The van der Waals surface area contributed by atoms with Gasteiger partial charge in [-0.2, -0.15) is 0 Å². The van der Waals surface area contributed by atoms with Crippen LogP contribution >= 0.6 is 0 Å². The number of carbonyl (C=O) groups excluding carboxylic acids is 1. The fourth-order valence-electron chi connectivity index (χ4n) is 2.32. The number of carbonyl (C=O) groups is 1. The molecule has 1 saturated heterocycles. The molecule has 0 bridgehead atoms. The minimum Gasteiger partial charge on any atom is -0.467 e. The number of hydrogen-bond acceptors (Lipinski definition) is 5. The molecule has 1 atom stereocenters. The van der Waals surface area contributed by atoms with Crippen LogP contribution in [0.25, 0.3) is 0 Å². The highest BCUT2D eigenvalue weighted by atomic mass is 16.5. The van der Waals surface area contributed by atoms with Crippen molar-refractivity contribution < 1.29 is 13.9 Å². The largest absolute Gasteiger partial charge is 0.467 e. The molecule has 1 aromatic rings. The number of methoxy groups -OCH3 is 1. The van der Waals surface area contributed by atoms with Gasteiger partial charge >= 0.3 is 5.97 Å². The van der Waals surface area contributed by atoms with E-state index >= 15 is 0 Å². The van der Waals surface area contributed by atoms with Crippen molar-refractivity contribution >= 4 is 5.97 Å². The van der Waals surface area contributed by atoms with E-state index in [-0.39, 0.29) is 5.97 Å². The van der Waals surface area contributed by atoms with E-state index in [1.807, 2.05) is 0 Å². The fraction of sp³-hybridized carbons (Fsp3) is 0.615. The van der Waals surface area contributed by atoms with Crippen molar-refractivity contribution in [2.45, 2.75) is 25.4 Å². The van der Waals surface area contributed by atoms with Crippen LogP contribution in [0.4, 0.5) is 0 Å². The molecule has 1 aliphatic rings. The highest BCUT2D eigenvalue weighted by molar-refractivity contribution is 5.90. The topological polar surface area (TPSA) is 54.7 Å². The van der Waals surface area contributed by atoms with Crippen LogP contribution in [0.3, 0.4) is 0 Å². The molecule has 1 unspecified atom stereocenters. The monoisotopic (exact) mass is 252 g/mol. The van der Waals surface area contributed by atoms with E-state index in [2.05, 4.69) is 17.3 Å². The van der Waals surface area contributed by atoms with Gasteiger partial charge in [-0.1, -0.05) is 0 Å². The number of nitrogens with one attached hydrogen (secondary N) is 1. The number of rotatable bonds is 4. The van der Waals surface area contributed by atoms with Gasteiger partial charge in [-0.05, 0) is 32.5 Å². The Morgan fingerprint density at radius 2 is 2.50 bits per heavy atom. The average molecular weight is 252 g/mol. The first-order chi connectivity index (χ1) is 8.72. The van der Waals surface area contributed by atoms with Gasteiger partial charge in [0.05, 0.1) is 19.9 Å². The molecule has 0 aromatic carbocycles. The zero-order valence-electron chi connectivity index (χ0n) is 10.9. The number of ether oxygens (including phenoxy) is 1. The van der Waals surface area contributed by atoms with Crippen molar-refractivity contribution in [1.29, 1.82) is 0 Å². The van der Waals surface area contributed by atoms with E-state index in [9.17, 15) is 4.79 Å². The molecular weight excluding hydrogens is 232 g/mol. The SMILES string of the molecule is COC(=O)c1ccoc1CN(C)C1CCCNC1. The van der Waals surface area contributed by atoms with Crippen molar-refractivity contribution in [2.75, 3.05) is 27.2 Å². The lowest BCUT2D eigenvalue weighted by Crippen LogP contribution is -2.43. The molecule has 2 heterocycles. The molecule has 1 fully saturated rings. The van der Waals surface area contributed by atoms with Crippen LogP contribution in [-0.4, -0.2) is 44.2 Å². The Morgan fingerprint density at radius 3 is 3.17 bits per heavy atom. The zero-order chi connectivity index (χ0) is 13.0. The number of hydrogen-bond donors (Lipinski definition) is 1. The molecule has 1 aromatic heterocycles. The summed E-state index contributed by atoms with van der Waals surface area (Å²) in [7, 11) is 3.44. The molecule has 1 aliphatic heterocycles. The Hall–Kier alpha value is -1.33. The standard InChI is InChI=1S/C13H20N2O3/c1-15(10-4-3-6-14-8-10)9-12-11(5-7-18-12)13(16)17-2/h5,7,10,14H,3-4,6,8-9H2,1-2H3. The molecule has 0 aliphatic carbocycles. The maximum absolute atomic E-state index is 11.5. The van der Waals surface area contributed by atoms with Gasteiger partial charge in [0.2, 0.25) is 0 Å². The second-order valence-electron chi connectivity index (χ2n) is 4.66. The Balaban J connectivity index is 2.00. The average Bonchev–Trinajstić information content (AvgIpc) is 2.87. The molecular formula is C13H20N2O3. The first kappa shape index (κ1) is 13.1. The zero-order valence-corrected chi connectivity index (χ0v) is 10.9. The van der Waals surface area contributed by atoms with Crippen molar-refractivity contribution in [3.63, 3.8) is 0 Å². The van der Waals surface area contributed by atoms with E-state index in [0.29, 0.717) is 23.9 Å². The first-order valence-electron chi connectivity index (χ1n) is 6.28. The van der Waals surface area contributed by atoms with E-state index in [0.717, 1.165) is 13.1 Å². The molecule has 0 radical (unpaired) electrons. The van der Waals surface area contributed by atoms with E-state index in [1.54, 1.807) is 6.07 Å². The predicted molar refractivity (Wildman–Crippen MR) is 67.4 cm³/mol. The minimum absolute atomic E-state index is 0.339. The normalized spacial score (nSPS) is 20.1. The molecule has 0 spiro atoms. The van der Waals surface area contributed by atoms with Crippen LogP contribution < -0.4 is 5.32 Å². The van der Waals surface area contributed by atoms with Crippen LogP contribution in [0.2, 0.25) is 0 Å². The summed E-state index contributed by atoms with van der Waals surface area (Å²) >= 11 is 0. The summed E-state index contributed by atoms with van der Waals surface area (Å²) in [6.45, 7) is 2.72. The molecule has 18 heavy (non-hydrogen) atoms. The Labute approximate surface area is 107 Å². The third-order valence-electron chi connectivity index (χ3n) is 3.44. The van der Waals surface area contributed by atoms with Crippen molar-refractivity contribution in [2.24, 2.45) is 0 Å². The third-order valence-corrected chi connectivity index (χ3v) is 3.44. The number of likely N-dealkylation sites (N-methyl/N-ethyl adjacent to an activating group) is 1. The maximum Gasteiger partial charge on any atom is 0.341 e. The highest BCUT2D eigenvalue weighted by Crippen LogP contribution is 2.17. The smallest absolute Gasteiger partial charge is 0.341 e. The molecule has 100 valence electrons. The van der Waals surface area contributed by atoms with E-state index in [4.69, 9.17) is 9.15 Å². The lowest BCUT2D eigenvalue weighted by molar-refractivity contribution is 0.0595. The second-order valence-corrected chi connectivity index (χ2v) is 4.66. The lowest BCUT2D eigenvalue weighted by Gasteiger charge is -2.31. The summed E-state index contributed by atoms with van der Waals surface area (Å²) in [5, 5.41) is 3.38. The van der Waals surface area contributed by atoms with Gasteiger partial charge < -0.3 is 14.5 Å². The lowest BCUT2D eigenvalue weighted by atomic mass is 10.1. The molecule has 0 saturated carbocycles. The predicted octanol–water partition coefficient (Wildman–Crippen LogP) is 1.25. The Kier molecular flexibility index (Phi) is 4.38. The van der Waals surface area contributed by atoms with Gasteiger partial charge in [0, 0.05) is 12.6 Å². The molecule has 0 amide bonds. The summed E-state index contributed by atoms with van der Waals surface area (Å²) in [5.41, 5.74) is 0.521. The fourth-order valence-corrected chi connectivity index (χ4v) is 2.32. The van der Waals surface area contributed by atoms with Gasteiger partial charge in [-0.3, -0.25) is 4.90 Å². The van der Waals surface area contributed by atoms with Gasteiger partial charge in [-0.15, -0.1) is 0 Å². The van der Waals surface area contributed by atoms with Crippen molar-refractivity contribution in [3.8, 4) is 0 Å². The van der Waals surface area contributed by atoms with Gasteiger partial charge in [0.1, 0.15) is 11.3 Å². The molecule has 2 rings (SSSR count). The second kappa shape index (κ2) is 6.02. The number of piperidine rings is 1. The summed E-state index contributed by atoms with van der Waals surface area (Å²) in [6.07, 6.45) is 3.91. The summed E-state index contributed by atoms with van der Waals surface area (Å²) in [5.74, 6) is 0.337. The first-order valence-corrected chi connectivity index (χ1v) is 6.28. The summed E-state index contributed by atoms with van der Waals surface area (Å²) < 4.78 is 10.1. The van der Waals surface area contributed by atoms with Gasteiger partial charge in [-0.25, -0.2) is 4.79 Å². The van der Waals surface area contributed by atoms with Gasteiger partial charge in [0.15, 0.2) is 0 Å². The minimum atomic E-state index is -0.339. The van der Waals surface area contributed by atoms with Crippen LogP contribution in [0.5, 0.6) is 0 Å². The number of nitrogens with zero attached hydrogens (tertiary/aromatic N) is 1. The summed E-state index contributed by atoms with van der Waals surface area (Å²) in [6, 6.07) is 2.16. The number of esters is 1. The Bertz CT molecular complexity index is 397. The number of furan rings is 1. The van der Waals surface area contributed by atoms with Gasteiger partial charge in [0.25, 0.3) is 0 Å². The maximum atomic E-state index is 11.5. The molecule has 5 heteroatoms. The highest BCUT2D eigenvalue weighted by Gasteiger charge is 2.21. The summed E-state index contributed by atoms with van der Waals surface area (Å²) in [4.78, 5) is 13.8. The van der Waals surface area contributed by atoms with E-state index < -0.39 is 0 Å².